The van der Waals surface area contributed by atoms with Gasteiger partial charge in [0, 0.05) is 12.2 Å². The van der Waals surface area contributed by atoms with E-state index < -0.39 is 0 Å². The van der Waals surface area contributed by atoms with Crippen molar-refractivity contribution in [3.63, 3.8) is 0 Å². The van der Waals surface area contributed by atoms with E-state index in [2.05, 4.69) is 15.5 Å². The molecule has 0 atom stereocenters. The number of anilines is 1. The van der Waals surface area contributed by atoms with Gasteiger partial charge in [0.15, 0.2) is 0 Å². The van der Waals surface area contributed by atoms with Crippen LogP contribution < -0.4 is 4.90 Å². The van der Waals surface area contributed by atoms with Crippen molar-refractivity contribution < 1.29 is 9.18 Å². The third kappa shape index (κ3) is 3.12. The Morgan fingerprint density at radius 2 is 1.96 bits per heavy atom. The second-order valence-corrected chi connectivity index (χ2v) is 6.50. The number of hydrogen-bond donors (Lipinski definition) is 0. The Bertz CT molecular complexity index is 911. The zero-order chi connectivity index (χ0) is 17.2. The van der Waals surface area contributed by atoms with Crippen LogP contribution in [0.4, 0.5) is 10.1 Å². The average molecular weight is 355 g/mol. The van der Waals surface area contributed by atoms with Gasteiger partial charge in [0.25, 0.3) is 0 Å². The van der Waals surface area contributed by atoms with Crippen LogP contribution in [0.15, 0.2) is 53.7 Å². The summed E-state index contributed by atoms with van der Waals surface area (Å²) in [5, 5.41) is 12.0. The fourth-order valence-electron chi connectivity index (χ4n) is 2.81. The molecule has 0 N–H and O–H groups in total. The SMILES string of the molecule is O=C(CSc1nnnn1-c1ccc(F)cc1)N1CCc2ccccc21. The number of thioether (sulfide) groups is 1. The highest BCUT2D eigenvalue weighted by Gasteiger charge is 2.24. The third-order valence-corrected chi connectivity index (χ3v) is 4.93. The first-order valence-electron chi connectivity index (χ1n) is 7.78. The number of para-hydroxylation sites is 1. The zero-order valence-corrected chi connectivity index (χ0v) is 14.0. The van der Waals surface area contributed by atoms with Gasteiger partial charge in [0.2, 0.25) is 11.1 Å². The van der Waals surface area contributed by atoms with E-state index in [4.69, 9.17) is 0 Å². The number of hydrogen-bond acceptors (Lipinski definition) is 5. The second kappa shape index (κ2) is 6.64. The van der Waals surface area contributed by atoms with E-state index in [0.29, 0.717) is 17.4 Å². The van der Waals surface area contributed by atoms with Gasteiger partial charge in [0.1, 0.15) is 5.82 Å². The molecule has 1 amide bonds. The van der Waals surface area contributed by atoms with E-state index in [1.807, 2.05) is 24.3 Å². The maximum absolute atomic E-state index is 13.1. The summed E-state index contributed by atoms with van der Waals surface area (Å²) >= 11 is 1.26. The van der Waals surface area contributed by atoms with Crippen molar-refractivity contribution in [2.24, 2.45) is 0 Å². The molecule has 1 aromatic heterocycles. The molecule has 4 rings (SSSR count). The Morgan fingerprint density at radius 1 is 1.16 bits per heavy atom. The minimum atomic E-state index is -0.325. The molecule has 1 aliphatic heterocycles. The van der Waals surface area contributed by atoms with Crippen LogP contribution in [0, 0.1) is 5.82 Å². The molecule has 0 unspecified atom stereocenters. The number of aromatic nitrogens is 4. The first-order chi connectivity index (χ1) is 12.2. The lowest BCUT2D eigenvalue weighted by atomic mass is 10.2. The molecule has 2 aromatic carbocycles. The molecule has 0 bridgehead atoms. The van der Waals surface area contributed by atoms with E-state index in [1.54, 1.807) is 17.0 Å². The highest BCUT2D eigenvalue weighted by Crippen LogP contribution is 2.28. The molecule has 0 spiro atoms. The number of carbonyl (C=O) groups is 1. The largest absolute Gasteiger partial charge is 0.311 e. The summed E-state index contributed by atoms with van der Waals surface area (Å²) in [4.78, 5) is 14.4. The van der Waals surface area contributed by atoms with Crippen LogP contribution in [-0.4, -0.2) is 38.4 Å². The Morgan fingerprint density at radius 3 is 2.80 bits per heavy atom. The predicted octanol–water partition coefficient (Wildman–Crippen LogP) is 2.48. The van der Waals surface area contributed by atoms with Gasteiger partial charge in [0.05, 0.1) is 11.4 Å². The third-order valence-electron chi connectivity index (χ3n) is 4.03. The number of halogens is 1. The number of rotatable bonds is 4. The van der Waals surface area contributed by atoms with Crippen LogP contribution in [0.3, 0.4) is 0 Å². The minimum Gasteiger partial charge on any atom is -0.311 e. The maximum atomic E-state index is 13.1. The van der Waals surface area contributed by atoms with Crippen LogP contribution >= 0.6 is 11.8 Å². The number of tetrazole rings is 1. The maximum Gasteiger partial charge on any atom is 0.237 e. The number of fused-ring (bicyclic) bond motifs is 1. The molecule has 6 nitrogen and oxygen atoms in total. The highest BCUT2D eigenvalue weighted by molar-refractivity contribution is 7.99. The molecule has 126 valence electrons. The highest BCUT2D eigenvalue weighted by atomic mass is 32.2. The number of nitrogens with zero attached hydrogens (tertiary/aromatic N) is 5. The van der Waals surface area contributed by atoms with E-state index in [-0.39, 0.29) is 17.5 Å². The molecule has 3 aromatic rings. The van der Waals surface area contributed by atoms with Gasteiger partial charge >= 0.3 is 0 Å². The minimum absolute atomic E-state index is 0.0172. The van der Waals surface area contributed by atoms with Crippen molar-refractivity contribution in [2.75, 3.05) is 17.2 Å². The van der Waals surface area contributed by atoms with Crippen LogP contribution in [0.1, 0.15) is 5.56 Å². The lowest BCUT2D eigenvalue weighted by molar-refractivity contribution is -0.116. The van der Waals surface area contributed by atoms with Crippen molar-refractivity contribution >= 4 is 23.4 Å². The van der Waals surface area contributed by atoms with E-state index in [9.17, 15) is 9.18 Å². The summed E-state index contributed by atoms with van der Waals surface area (Å²) in [6, 6.07) is 13.8. The fourth-order valence-corrected chi connectivity index (χ4v) is 3.58. The quantitative estimate of drug-likeness (QED) is 0.673. The molecule has 0 fully saturated rings. The summed E-state index contributed by atoms with van der Waals surface area (Å²) in [7, 11) is 0. The van der Waals surface area contributed by atoms with Crippen LogP contribution in [0.2, 0.25) is 0 Å². The number of carbonyl (C=O) groups excluding carboxylic acids is 1. The average Bonchev–Trinajstić information content (AvgIpc) is 3.27. The molecule has 0 saturated heterocycles. The Balaban J connectivity index is 1.47. The predicted molar refractivity (Wildman–Crippen MR) is 92.3 cm³/mol. The van der Waals surface area contributed by atoms with Gasteiger partial charge in [-0.25, -0.2) is 4.39 Å². The van der Waals surface area contributed by atoms with E-state index in [1.165, 1.54) is 34.1 Å². The van der Waals surface area contributed by atoms with Gasteiger partial charge in [-0.2, -0.15) is 4.68 Å². The molecule has 8 heteroatoms. The Kier molecular flexibility index (Phi) is 4.19. The van der Waals surface area contributed by atoms with Crippen LogP contribution in [0.5, 0.6) is 0 Å². The topological polar surface area (TPSA) is 63.9 Å². The van der Waals surface area contributed by atoms with Gasteiger partial charge in [-0.05, 0) is 52.7 Å². The summed E-state index contributed by atoms with van der Waals surface area (Å²) in [6.45, 7) is 0.696. The van der Waals surface area contributed by atoms with E-state index >= 15 is 0 Å². The molecule has 0 saturated carbocycles. The molecule has 1 aliphatic rings. The van der Waals surface area contributed by atoms with Crippen LogP contribution in [-0.2, 0) is 11.2 Å². The zero-order valence-electron chi connectivity index (χ0n) is 13.2. The molecular formula is C17H14FN5OS. The second-order valence-electron chi connectivity index (χ2n) is 5.56. The van der Waals surface area contributed by atoms with Crippen molar-refractivity contribution in [2.45, 2.75) is 11.6 Å². The standard InChI is InChI=1S/C17H14FN5OS/c18-13-5-7-14(8-6-13)23-17(19-20-21-23)25-11-16(24)22-10-9-12-3-1-2-4-15(12)22/h1-8H,9-11H2. The van der Waals surface area contributed by atoms with Crippen LogP contribution in [0.25, 0.3) is 5.69 Å². The normalized spacial score (nSPS) is 13.1. The van der Waals surface area contributed by atoms with Crippen molar-refractivity contribution in [3.8, 4) is 5.69 Å². The van der Waals surface area contributed by atoms with Gasteiger partial charge < -0.3 is 4.90 Å². The van der Waals surface area contributed by atoms with Gasteiger partial charge in [-0.3, -0.25) is 4.79 Å². The molecule has 25 heavy (non-hydrogen) atoms. The van der Waals surface area contributed by atoms with Gasteiger partial charge in [-0.15, -0.1) is 5.10 Å². The first-order valence-corrected chi connectivity index (χ1v) is 8.76. The molecule has 2 heterocycles. The number of amides is 1. The number of benzene rings is 2. The Hall–Kier alpha value is -2.74. The van der Waals surface area contributed by atoms with Gasteiger partial charge in [-0.1, -0.05) is 30.0 Å². The summed E-state index contributed by atoms with van der Waals surface area (Å²) in [5.74, 6) is -0.0758. The molecule has 0 aliphatic carbocycles. The fraction of sp³-hybridized carbons (Fsp3) is 0.176. The van der Waals surface area contributed by atoms with Crippen molar-refractivity contribution in [1.29, 1.82) is 0 Å². The van der Waals surface area contributed by atoms with Crippen molar-refractivity contribution in [3.05, 3.63) is 59.9 Å². The Labute approximate surface area is 147 Å². The lowest BCUT2D eigenvalue weighted by Crippen LogP contribution is -2.30. The summed E-state index contributed by atoms with van der Waals surface area (Å²) in [6.07, 6.45) is 0.875. The molecular weight excluding hydrogens is 341 g/mol. The smallest absolute Gasteiger partial charge is 0.237 e. The monoisotopic (exact) mass is 355 g/mol. The lowest BCUT2D eigenvalue weighted by Gasteiger charge is -2.16. The summed E-state index contributed by atoms with van der Waals surface area (Å²) < 4.78 is 14.6. The van der Waals surface area contributed by atoms with E-state index in [0.717, 1.165) is 12.1 Å². The summed E-state index contributed by atoms with van der Waals surface area (Å²) in [5.41, 5.74) is 2.82. The first kappa shape index (κ1) is 15.8. The molecule has 0 radical (unpaired) electrons. The van der Waals surface area contributed by atoms with Crippen molar-refractivity contribution in [1.82, 2.24) is 20.2 Å².